The summed E-state index contributed by atoms with van der Waals surface area (Å²) in [5.74, 6) is -0.0671. The first-order chi connectivity index (χ1) is 8.47. The summed E-state index contributed by atoms with van der Waals surface area (Å²) in [6.45, 7) is 2.12. The van der Waals surface area contributed by atoms with Crippen LogP contribution < -0.4 is 5.32 Å². The number of carbonyl (C=O) groups excluding carboxylic acids is 1. The molecule has 1 unspecified atom stereocenters. The maximum Gasteiger partial charge on any atom is 0.297 e. The number of piperidine rings is 1. The van der Waals surface area contributed by atoms with Gasteiger partial charge < -0.3 is 5.32 Å². The molecule has 18 heavy (non-hydrogen) atoms. The van der Waals surface area contributed by atoms with E-state index < -0.39 is 16.2 Å². The number of amides is 1. The third-order valence-corrected chi connectivity index (χ3v) is 4.17. The van der Waals surface area contributed by atoms with E-state index >= 15 is 0 Å². The molecule has 0 spiro atoms. The number of hydrogen-bond acceptors (Lipinski definition) is 4. The molecule has 2 rings (SSSR count). The fourth-order valence-corrected chi connectivity index (χ4v) is 2.84. The first-order valence-corrected chi connectivity index (χ1v) is 7.15. The Morgan fingerprint density at radius 3 is 2.50 bits per heavy atom. The normalized spacial score (nSPS) is 20.5. The fraction of sp³-hybridized carbons (Fsp3) is 0.417. The summed E-state index contributed by atoms with van der Waals surface area (Å²) in [4.78, 5) is 11.1. The molecule has 1 aliphatic heterocycles. The van der Waals surface area contributed by atoms with Crippen LogP contribution in [0.5, 0.6) is 0 Å². The Morgan fingerprint density at radius 2 is 1.94 bits per heavy atom. The minimum absolute atomic E-state index is 0.0671. The van der Waals surface area contributed by atoms with Crippen molar-refractivity contribution in [3.05, 3.63) is 29.8 Å². The molecule has 5 nitrogen and oxygen atoms in total. The summed E-state index contributed by atoms with van der Waals surface area (Å²) < 4.78 is 29.0. The second-order valence-corrected chi connectivity index (χ2v) is 5.90. The van der Waals surface area contributed by atoms with Crippen molar-refractivity contribution >= 4 is 16.0 Å². The van der Waals surface area contributed by atoms with Crippen molar-refractivity contribution < 1.29 is 17.4 Å². The first kappa shape index (κ1) is 13.0. The van der Waals surface area contributed by atoms with Gasteiger partial charge in [-0.2, -0.15) is 8.42 Å². The summed E-state index contributed by atoms with van der Waals surface area (Å²) in [5, 5.41) is 2.59. The molecule has 1 fully saturated rings. The monoisotopic (exact) mass is 269 g/mol. The Hall–Kier alpha value is -1.40. The van der Waals surface area contributed by atoms with Crippen LogP contribution in [0.1, 0.15) is 18.4 Å². The zero-order chi connectivity index (χ0) is 13.2. The van der Waals surface area contributed by atoms with Gasteiger partial charge in [-0.15, -0.1) is 0 Å². The zero-order valence-corrected chi connectivity index (χ0v) is 10.9. The number of carbonyl (C=O) groups is 1. The van der Waals surface area contributed by atoms with Gasteiger partial charge in [0.1, 0.15) is 0 Å². The summed E-state index contributed by atoms with van der Waals surface area (Å²) in [7, 11) is -3.75. The van der Waals surface area contributed by atoms with Gasteiger partial charge in [-0.05, 0) is 25.5 Å². The minimum Gasteiger partial charge on any atom is -0.353 e. The third kappa shape index (κ3) is 3.08. The largest absolute Gasteiger partial charge is 0.353 e. The van der Waals surface area contributed by atoms with Crippen molar-refractivity contribution in [3.8, 4) is 0 Å². The lowest BCUT2D eigenvalue weighted by atomic mass is 10.1. The molecule has 0 saturated carbocycles. The predicted octanol–water partition coefficient (Wildman–Crippen LogP) is 0.979. The van der Waals surface area contributed by atoms with Crippen LogP contribution in [0.4, 0.5) is 0 Å². The van der Waals surface area contributed by atoms with Gasteiger partial charge in [0.25, 0.3) is 10.1 Å². The van der Waals surface area contributed by atoms with Gasteiger partial charge in [0.05, 0.1) is 11.0 Å². The molecule has 1 N–H and O–H groups in total. The van der Waals surface area contributed by atoms with Gasteiger partial charge in [-0.25, -0.2) is 0 Å². The molecule has 1 heterocycles. The molecule has 1 amide bonds. The molecule has 1 saturated heterocycles. The number of benzene rings is 1. The lowest BCUT2D eigenvalue weighted by molar-refractivity contribution is -0.123. The van der Waals surface area contributed by atoms with E-state index in [0.29, 0.717) is 12.8 Å². The van der Waals surface area contributed by atoms with E-state index in [1.165, 1.54) is 12.1 Å². The van der Waals surface area contributed by atoms with Crippen molar-refractivity contribution in [3.63, 3.8) is 0 Å². The number of aryl methyl sites for hydroxylation is 1. The number of rotatable bonds is 3. The summed E-state index contributed by atoms with van der Waals surface area (Å²) in [6.07, 6.45) is 0.249. The lowest BCUT2D eigenvalue weighted by Crippen LogP contribution is -2.40. The van der Waals surface area contributed by atoms with Crippen molar-refractivity contribution in [2.24, 2.45) is 0 Å². The quantitative estimate of drug-likeness (QED) is 0.830. The molecule has 6 heteroatoms. The van der Waals surface area contributed by atoms with Crippen LogP contribution in [0.25, 0.3) is 0 Å². The van der Waals surface area contributed by atoms with Crippen LogP contribution in [0.15, 0.2) is 29.2 Å². The van der Waals surface area contributed by atoms with E-state index in [-0.39, 0.29) is 17.3 Å². The van der Waals surface area contributed by atoms with Crippen molar-refractivity contribution in [2.75, 3.05) is 6.54 Å². The first-order valence-electron chi connectivity index (χ1n) is 5.74. The van der Waals surface area contributed by atoms with Gasteiger partial charge in [0.15, 0.2) is 0 Å². The Bertz CT molecular complexity index is 526. The SMILES string of the molecule is Cc1ccc(S(=O)(=O)OC2CCC(=O)NC2)cc1. The second-order valence-electron chi connectivity index (χ2n) is 4.33. The van der Waals surface area contributed by atoms with Gasteiger partial charge in [0, 0.05) is 13.0 Å². The molecule has 0 aromatic heterocycles. The maximum absolute atomic E-state index is 12.0. The number of nitrogens with one attached hydrogen (secondary N) is 1. The van der Waals surface area contributed by atoms with E-state index in [4.69, 9.17) is 4.18 Å². The Morgan fingerprint density at radius 1 is 1.28 bits per heavy atom. The molecule has 1 aliphatic rings. The van der Waals surface area contributed by atoms with Crippen molar-refractivity contribution in [1.82, 2.24) is 5.32 Å². The predicted molar refractivity (Wildman–Crippen MR) is 65.5 cm³/mol. The molecule has 98 valence electrons. The van der Waals surface area contributed by atoms with E-state index in [2.05, 4.69) is 5.32 Å². The minimum atomic E-state index is -3.75. The average molecular weight is 269 g/mol. The van der Waals surface area contributed by atoms with Crippen LogP contribution in [-0.4, -0.2) is 27.0 Å². The Kier molecular flexibility index (Phi) is 3.68. The highest BCUT2D eigenvalue weighted by atomic mass is 32.2. The maximum atomic E-state index is 12.0. The van der Waals surface area contributed by atoms with Gasteiger partial charge >= 0.3 is 0 Å². The average Bonchev–Trinajstić information content (AvgIpc) is 2.32. The molecule has 1 aromatic rings. The van der Waals surface area contributed by atoms with Gasteiger partial charge in [0.2, 0.25) is 5.91 Å². The number of hydrogen-bond donors (Lipinski definition) is 1. The molecule has 0 bridgehead atoms. The second kappa shape index (κ2) is 5.07. The van der Waals surface area contributed by atoms with Crippen molar-refractivity contribution in [2.45, 2.75) is 30.8 Å². The highest BCUT2D eigenvalue weighted by Gasteiger charge is 2.25. The molecule has 1 atom stereocenters. The van der Waals surface area contributed by atoms with Crippen LogP contribution in [-0.2, 0) is 19.1 Å². The van der Waals surface area contributed by atoms with Crippen LogP contribution in [0, 0.1) is 6.92 Å². The summed E-state index contributed by atoms with van der Waals surface area (Å²) in [5.41, 5.74) is 0.985. The van der Waals surface area contributed by atoms with Crippen LogP contribution >= 0.6 is 0 Å². The van der Waals surface area contributed by atoms with Gasteiger partial charge in [-0.1, -0.05) is 17.7 Å². The summed E-state index contributed by atoms with van der Waals surface area (Å²) in [6, 6.07) is 6.48. The van der Waals surface area contributed by atoms with E-state index in [1.807, 2.05) is 6.92 Å². The molecule has 1 aromatic carbocycles. The highest BCUT2D eigenvalue weighted by molar-refractivity contribution is 7.86. The van der Waals surface area contributed by atoms with E-state index in [9.17, 15) is 13.2 Å². The standard InChI is InChI=1S/C12H15NO4S/c1-9-2-5-11(6-3-9)18(15,16)17-10-4-7-12(14)13-8-10/h2-3,5-6,10H,4,7-8H2,1H3,(H,13,14). The fourth-order valence-electron chi connectivity index (χ4n) is 1.73. The third-order valence-electron chi connectivity index (χ3n) is 2.79. The molecule has 0 radical (unpaired) electrons. The smallest absolute Gasteiger partial charge is 0.297 e. The molecular formula is C12H15NO4S. The van der Waals surface area contributed by atoms with E-state index in [0.717, 1.165) is 5.56 Å². The molecule has 0 aliphatic carbocycles. The van der Waals surface area contributed by atoms with Crippen LogP contribution in [0.3, 0.4) is 0 Å². The Balaban J connectivity index is 2.07. The van der Waals surface area contributed by atoms with Gasteiger partial charge in [-0.3, -0.25) is 8.98 Å². The van der Waals surface area contributed by atoms with Crippen molar-refractivity contribution in [1.29, 1.82) is 0 Å². The van der Waals surface area contributed by atoms with Crippen LogP contribution in [0.2, 0.25) is 0 Å². The highest BCUT2D eigenvalue weighted by Crippen LogP contribution is 2.18. The topological polar surface area (TPSA) is 72.5 Å². The lowest BCUT2D eigenvalue weighted by Gasteiger charge is -2.22. The Labute approximate surface area is 106 Å². The molecular weight excluding hydrogens is 254 g/mol. The zero-order valence-electron chi connectivity index (χ0n) is 10.0. The summed E-state index contributed by atoms with van der Waals surface area (Å²) >= 11 is 0. The van der Waals surface area contributed by atoms with E-state index in [1.54, 1.807) is 12.1 Å².